The summed E-state index contributed by atoms with van der Waals surface area (Å²) in [4.78, 5) is 3.78. The van der Waals surface area contributed by atoms with E-state index in [1.54, 1.807) is 12.4 Å². The molecule has 0 aliphatic rings. The van der Waals surface area contributed by atoms with Crippen molar-refractivity contribution in [3.63, 3.8) is 0 Å². The summed E-state index contributed by atoms with van der Waals surface area (Å²) in [5, 5.41) is 0. The fourth-order valence-corrected chi connectivity index (χ4v) is 0.556. The SMILES string of the molecule is Brc1c[c-]cnc1.[Li+]. The molecule has 1 aromatic rings. The molecule has 1 aromatic heterocycles. The Kier molecular flexibility index (Phi) is 4.26. The summed E-state index contributed by atoms with van der Waals surface area (Å²) < 4.78 is 0.968. The van der Waals surface area contributed by atoms with Gasteiger partial charge in [-0.1, -0.05) is 6.20 Å². The first kappa shape index (κ1) is 8.23. The van der Waals surface area contributed by atoms with Crippen LogP contribution in [-0.2, 0) is 0 Å². The molecule has 0 unspecified atom stereocenters. The average Bonchev–Trinajstić information content (AvgIpc) is 1.69. The van der Waals surface area contributed by atoms with Crippen LogP contribution in [0.4, 0.5) is 0 Å². The van der Waals surface area contributed by atoms with Gasteiger partial charge in [-0.3, -0.25) is 0 Å². The minimum Gasteiger partial charge on any atom is -0.303 e. The first-order chi connectivity index (χ1) is 3.39. The Morgan fingerprint density at radius 2 is 2.38 bits per heavy atom. The summed E-state index contributed by atoms with van der Waals surface area (Å²) in [7, 11) is 0. The van der Waals surface area contributed by atoms with E-state index in [9.17, 15) is 0 Å². The van der Waals surface area contributed by atoms with Crippen molar-refractivity contribution >= 4 is 15.9 Å². The van der Waals surface area contributed by atoms with E-state index in [4.69, 9.17) is 0 Å². The van der Waals surface area contributed by atoms with Gasteiger partial charge in [0.2, 0.25) is 0 Å². The van der Waals surface area contributed by atoms with Gasteiger partial charge in [-0.15, -0.1) is 4.47 Å². The number of halogens is 1. The van der Waals surface area contributed by atoms with E-state index < -0.39 is 0 Å². The predicted molar refractivity (Wildman–Crippen MR) is 30.8 cm³/mol. The zero-order valence-corrected chi connectivity index (χ0v) is 6.14. The van der Waals surface area contributed by atoms with Gasteiger partial charge >= 0.3 is 18.9 Å². The summed E-state index contributed by atoms with van der Waals surface area (Å²) in [5.41, 5.74) is 0. The maximum atomic E-state index is 3.78. The third kappa shape index (κ3) is 2.51. The van der Waals surface area contributed by atoms with Crippen LogP contribution in [0.2, 0.25) is 0 Å². The van der Waals surface area contributed by atoms with E-state index in [2.05, 4.69) is 27.0 Å². The van der Waals surface area contributed by atoms with Gasteiger partial charge in [0, 0.05) is 0 Å². The summed E-state index contributed by atoms with van der Waals surface area (Å²) in [5.74, 6) is 0. The average molecular weight is 164 g/mol. The normalized spacial score (nSPS) is 7.62. The molecule has 3 heteroatoms. The Morgan fingerprint density at radius 1 is 1.62 bits per heavy atom. The van der Waals surface area contributed by atoms with E-state index in [-0.39, 0.29) is 18.9 Å². The fraction of sp³-hybridized carbons (Fsp3) is 0. The molecule has 0 bridgehead atoms. The van der Waals surface area contributed by atoms with Gasteiger partial charge in [0.25, 0.3) is 0 Å². The van der Waals surface area contributed by atoms with Crippen LogP contribution in [0.3, 0.4) is 0 Å². The van der Waals surface area contributed by atoms with Gasteiger partial charge in [-0.2, -0.15) is 15.9 Å². The van der Waals surface area contributed by atoms with Crippen molar-refractivity contribution in [2.24, 2.45) is 0 Å². The van der Waals surface area contributed by atoms with Crippen molar-refractivity contribution in [3.8, 4) is 0 Å². The molecule has 0 amide bonds. The summed E-state index contributed by atoms with van der Waals surface area (Å²) in [6.45, 7) is 0. The summed E-state index contributed by atoms with van der Waals surface area (Å²) >= 11 is 3.22. The molecule has 36 valence electrons. The second kappa shape index (κ2) is 4.14. The maximum Gasteiger partial charge on any atom is 1.00 e. The summed E-state index contributed by atoms with van der Waals surface area (Å²) in [6, 6.07) is 4.62. The van der Waals surface area contributed by atoms with Crippen LogP contribution in [0.1, 0.15) is 0 Å². The number of rotatable bonds is 0. The van der Waals surface area contributed by atoms with E-state index in [0.29, 0.717) is 0 Å². The number of hydrogen-bond acceptors (Lipinski definition) is 1. The van der Waals surface area contributed by atoms with Crippen molar-refractivity contribution in [2.75, 3.05) is 0 Å². The van der Waals surface area contributed by atoms with Crippen molar-refractivity contribution in [2.45, 2.75) is 0 Å². The first-order valence-electron chi connectivity index (χ1n) is 1.86. The third-order valence-corrected chi connectivity index (χ3v) is 1.00. The molecular weight excluding hydrogens is 161 g/mol. The summed E-state index contributed by atoms with van der Waals surface area (Å²) in [6.07, 6.45) is 3.33. The molecule has 0 atom stereocenters. The molecule has 0 spiro atoms. The minimum atomic E-state index is 0. The molecule has 0 aromatic carbocycles. The zero-order chi connectivity index (χ0) is 5.11. The molecular formula is C5H3BrLiN. The molecule has 1 heterocycles. The Hall–Kier alpha value is 0.227. The van der Waals surface area contributed by atoms with Gasteiger partial charge in [0.1, 0.15) is 0 Å². The topological polar surface area (TPSA) is 12.9 Å². The largest absolute Gasteiger partial charge is 1.00 e. The van der Waals surface area contributed by atoms with Crippen LogP contribution in [0.25, 0.3) is 0 Å². The van der Waals surface area contributed by atoms with E-state index >= 15 is 0 Å². The molecule has 1 rings (SSSR count). The van der Waals surface area contributed by atoms with E-state index in [1.807, 2.05) is 6.07 Å². The third-order valence-electron chi connectivity index (χ3n) is 0.568. The number of nitrogens with zero attached hydrogens (tertiary/aromatic N) is 1. The fourth-order valence-electron chi connectivity index (χ4n) is 0.306. The van der Waals surface area contributed by atoms with Gasteiger partial charge in [-0.25, -0.2) is 12.1 Å². The molecule has 8 heavy (non-hydrogen) atoms. The molecule has 0 radical (unpaired) electrons. The van der Waals surface area contributed by atoms with Gasteiger partial charge < -0.3 is 4.98 Å². The van der Waals surface area contributed by atoms with Crippen LogP contribution >= 0.6 is 15.9 Å². The molecule has 0 saturated carbocycles. The Morgan fingerprint density at radius 3 is 2.62 bits per heavy atom. The number of aromatic nitrogens is 1. The second-order valence-corrected chi connectivity index (χ2v) is 2.02. The van der Waals surface area contributed by atoms with Crippen molar-refractivity contribution in [3.05, 3.63) is 29.0 Å². The molecule has 0 aliphatic heterocycles. The molecule has 0 fully saturated rings. The smallest absolute Gasteiger partial charge is 0.303 e. The van der Waals surface area contributed by atoms with Crippen LogP contribution in [0.5, 0.6) is 0 Å². The van der Waals surface area contributed by atoms with Crippen LogP contribution in [-0.4, -0.2) is 4.98 Å². The predicted octanol–water partition coefficient (Wildman–Crippen LogP) is -1.35. The standard InChI is InChI=1S/C5H3BrN.Li/c6-5-2-1-3-7-4-5;/h2-4H;/q-1;+1. The molecule has 0 N–H and O–H groups in total. The first-order valence-corrected chi connectivity index (χ1v) is 2.65. The molecule has 0 saturated heterocycles. The zero-order valence-electron chi connectivity index (χ0n) is 4.56. The van der Waals surface area contributed by atoms with Crippen LogP contribution in [0.15, 0.2) is 22.9 Å². The van der Waals surface area contributed by atoms with Gasteiger partial charge in [-0.05, 0) is 6.20 Å². The Bertz CT molecular complexity index is 142. The minimum absolute atomic E-state index is 0. The van der Waals surface area contributed by atoms with Gasteiger partial charge in [0.15, 0.2) is 0 Å². The molecule has 0 aliphatic carbocycles. The molecule has 1 nitrogen and oxygen atoms in total. The number of hydrogen-bond donors (Lipinski definition) is 0. The Balaban J connectivity index is 0.000000490. The van der Waals surface area contributed by atoms with Crippen LogP contribution < -0.4 is 18.9 Å². The van der Waals surface area contributed by atoms with Gasteiger partial charge in [0.05, 0.1) is 0 Å². The van der Waals surface area contributed by atoms with Crippen molar-refractivity contribution in [1.82, 2.24) is 4.98 Å². The second-order valence-electron chi connectivity index (χ2n) is 1.10. The quantitative estimate of drug-likeness (QED) is 0.341. The van der Waals surface area contributed by atoms with Crippen LogP contribution in [0, 0.1) is 6.07 Å². The number of pyridine rings is 1. The maximum absolute atomic E-state index is 3.78. The monoisotopic (exact) mass is 163 g/mol. The van der Waals surface area contributed by atoms with Crippen molar-refractivity contribution in [1.29, 1.82) is 0 Å². The van der Waals surface area contributed by atoms with E-state index in [0.717, 1.165) is 4.47 Å². The van der Waals surface area contributed by atoms with Crippen molar-refractivity contribution < 1.29 is 18.9 Å². The van der Waals surface area contributed by atoms with E-state index in [1.165, 1.54) is 0 Å². The Labute approximate surface area is 68.8 Å².